The fraction of sp³-hybridized carbons (Fsp3) is 0.286. The molecule has 3 heterocycles. The Balaban J connectivity index is 1.68. The quantitative estimate of drug-likeness (QED) is 0.732. The summed E-state index contributed by atoms with van der Waals surface area (Å²) in [6, 6.07) is 5.71. The summed E-state index contributed by atoms with van der Waals surface area (Å²) in [5, 5.41) is 17.6. The van der Waals surface area contributed by atoms with E-state index in [4.69, 9.17) is 9.52 Å². The van der Waals surface area contributed by atoms with Gasteiger partial charge in [-0.3, -0.25) is 0 Å². The van der Waals surface area contributed by atoms with Crippen LogP contribution < -0.4 is 5.32 Å². The van der Waals surface area contributed by atoms with E-state index in [-0.39, 0.29) is 6.61 Å². The fourth-order valence-electron chi connectivity index (χ4n) is 2.03. The summed E-state index contributed by atoms with van der Waals surface area (Å²) < 4.78 is 7.10. The van der Waals surface area contributed by atoms with Crippen LogP contribution in [0.3, 0.4) is 0 Å². The summed E-state index contributed by atoms with van der Waals surface area (Å²) in [6.07, 6.45) is 3.49. The lowest BCUT2D eigenvalue weighted by atomic mass is 10.4. The van der Waals surface area contributed by atoms with E-state index in [0.29, 0.717) is 13.1 Å². The topological polar surface area (TPSA) is 76.1 Å². The van der Waals surface area contributed by atoms with Gasteiger partial charge >= 0.3 is 0 Å². The van der Waals surface area contributed by atoms with Crippen LogP contribution in [0.5, 0.6) is 0 Å². The summed E-state index contributed by atoms with van der Waals surface area (Å²) in [5.41, 5.74) is 0.923. The minimum atomic E-state index is 0.0685. The van der Waals surface area contributed by atoms with Crippen LogP contribution in [0.4, 0.5) is 5.82 Å². The molecule has 0 aliphatic heterocycles. The molecule has 2 N–H and O–H groups in total. The number of furan rings is 1. The van der Waals surface area contributed by atoms with Gasteiger partial charge in [0.25, 0.3) is 0 Å². The molecule has 0 amide bonds. The van der Waals surface area contributed by atoms with Crippen LogP contribution in [0.15, 0.2) is 35.1 Å². The van der Waals surface area contributed by atoms with Crippen molar-refractivity contribution in [2.24, 2.45) is 0 Å². The lowest BCUT2D eigenvalue weighted by molar-refractivity contribution is 0.270. The van der Waals surface area contributed by atoms with Gasteiger partial charge in [-0.05, 0) is 19.1 Å². The molecule has 7 heteroatoms. The summed E-state index contributed by atoms with van der Waals surface area (Å²) in [5.74, 6) is 1.68. The van der Waals surface area contributed by atoms with Gasteiger partial charge in [-0.15, -0.1) is 11.3 Å². The number of rotatable bonds is 6. The Morgan fingerprint density at radius 1 is 1.48 bits per heavy atom. The molecular weight excluding hydrogens is 288 g/mol. The smallest absolute Gasteiger partial charge is 0.162 e. The SMILES string of the molecule is Cc1cc(NCc2cnc(-c3ccco3)s2)n(CCO)n1. The average Bonchev–Trinajstić information content (AvgIpc) is 3.16. The molecule has 6 nitrogen and oxygen atoms in total. The van der Waals surface area contributed by atoms with Gasteiger partial charge in [-0.2, -0.15) is 5.10 Å². The Morgan fingerprint density at radius 2 is 2.38 bits per heavy atom. The zero-order valence-corrected chi connectivity index (χ0v) is 12.4. The first-order valence-corrected chi connectivity index (χ1v) is 7.45. The van der Waals surface area contributed by atoms with Crippen molar-refractivity contribution < 1.29 is 9.52 Å². The van der Waals surface area contributed by atoms with Gasteiger partial charge in [0.2, 0.25) is 0 Å². The number of nitrogens with zero attached hydrogens (tertiary/aromatic N) is 3. The van der Waals surface area contributed by atoms with Crippen molar-refractivity contribution in [3.8, 4) is 10.8 Å². The predicted molar refractivity (Wildman–Crippen MR) is 81.2 cm³/mol. The number of nitrogens with one attached hydrogen (secondary N) is 1. The van der Waals surface area contributed by atoms with Crippen molar-refractivity contribution in [1.29, 1.82) is 0 Å². The van der Waals surface area contributed by atoms with Gasteiger partial charge in [0.15, 0.2) is 10.8 Å². The van der Waals surface area contributed by atoms with Crippen LogP contribution in [-0.4, -0.2) is 26.5 Å². The van der Waals surface area contributed by atoms with Crippen LogP contribution in [0.25, 0.3) is 10.8 Å². The van der Waals surface area contributed by atoms with E-state index < -0.39 is 0 Å². The number of aliphatic hydroxyl groups excluding tert-OH is 1. The van der Waals surface area contributed by atoms with Crippen molar-refractivity contribution >= 4 is 17.2 Å². The second-order valence-electron chi connectivity index (χ2n) is 4.58. The summed E-state index contributed by atoms with van der Waals surface area (Å²) in [6.45, 7) is 3.14. The number of anilines is 1. The van der Waals surface area contributed by atoms with Crippen molar-refractivity contribution in [2.75, 3.05) is 11.9 Å². The molecule has 0 bridgehead atoms. The number of hydrogen-bond donors (Lipinski definition) is 2. The van der Waals surface area contributed by atoms with E-state index in [1.165, 1.54) is 0 Å². The Morgan fingerprint density at radius 3 is 3.14 bits per heavy atom. The third-order valence-corrected chi connectivity index (χ3v) is 3.96. The van der Waals surface area contributed by atoms with Crippen molar-refractivity contribution in [1.82, 2.24) is 14.8 Å². The number of aromatic nitrogens is 3. The van der Waals surface area contributed by atoms with Crippen LogP contribution in [-0.2, 0) is 13.1 Å². The third-order valence-electron chi connectivity index (χ3n) is 2.94. The van der Waals surface area contributed by atoms with E-state index in [1.807, 2.05) is 31.3 Å². The van der Waals surface area contributed by atoms with Gasteiger partial charge in [-0.1, -0.05) is 0 Å². The van der Waals surface area contributed by atoms with Crippen LogP contribution in [0.2, 0.25) is 0 Å². The standard InChI is InChI=1S/C14H16N4O2S/c1-10-7-13(18(17-10)4-5-19)15-8-11-9-16-14(21-11)12-3-2-6-20-12/h2-3,6-7,9,15,19H,4-5,8H2,1H3. The highest BCUT2D eigenvalue weighted by molar-refractivity contribution is 7.14. The molecule has 21 heavy (non-hydrogen) atoms. The van der Waals surface area contributed by atoms with Crippen LogP contribution >= 0.6 is 11.3 Å². The molecule has 0 spiro atoms. The Labute approximate surface area is 126 Å². The van der Waals surface area contributed by atoms with Gasteiger partial charge in [0.05, 0.1) is 31.7 Å². The van der Waals surface area contributed by atoms with Gasteiger partial charge in [0.1, 0.15) is 5.82 Å². The number of aryl methyl sites for hydroxylation is 1. The van der Waals surface area contributed by atoms with Crippen LogP contribution in [0.1, 0.15) is 10.6 Å². The highest BCUT2D eigenvalue weighted by atomic mass is 32.1. The third kappa shape index (κ3) is 3.14. The molecule has 0 saturated heterocycles. The molecule has 3 rings (SSSR count). The zero-order chi connectivity index (χ0) is 14.7. The van der Waals surface area contributed by atoms with Crippen molar-refractivity contribution in [3.05, 3.63) is 41.2 Å². The molecule has 0 atom stereocenters. The van der Waals surface area contributed by atoms with E-state index in [0.717, 1.165) is 27.2 Å². The summed E-state index contributed by atoms with van der Waals surface area (Å²) >= 11 is 1.59. The first-order chi connectivity index (χ1) is 10.3. The maximum atomic E-state index is 9.04. The molecule has 3 aromatic heterocycles. The number of thiazole rings is 1. The first kappa shape index (κ1) is 13.8. The molecule has 3 aromatic rings. The van der Waals surface area contributed by atoms with E-state index >= 15 is 0 Å². The molecule has 110 valence electrons. The molecule has 0 fully saturated rings. The molecule has 0 aliphatic carbocycles. The van der Waals surface area contributed by atoms with Gasteiger partial charge in [-0.25, -0.2) is 9.67 Å². The van der Waals surface area contributed by atoms with Crippen LogP contribution in [0, 0.1) is 6.92 Å². The highest BCUT2D eigenvalue weighted by Crippen LogP contribution is 2.26. The lowest BCUT2D eigenvalue weighted by Gasteiger charge is -2.07. The molecule has 0 unspecified atom stereocenters. The van der Waals surface area contributed by atoms with Crippen molar-refractivity contribution in [2.45, 2.75) is 20.0 Å². The maximum Gasteiger partial charge on any atom is 0.162 e. The molecular formula is C14H16N4O2S. The van der Waals surface area contributed by atoms with Gasteiger partial charge < -0.3 is 14.8 Å². The number of hydrogen-bond acceptors (Lipinski definition) is 6. The summed E-state index contributed by atoms with van der Waals surface area (Å²) in [4.78, 5) is 5.46. The monoisotopic (exact) mass is 304 g/mol. The normalized spacial score (nSPS) is 11.0. The minimum absolute atomic E-state index is 0.0685. The molecule has 0 saturated carbocycles. The van der Waals surface area contributed by atoms with E-state index in [9.17, 15) is 0 Å². The second-order valence-corrected chi connectivity index (χ2v) is 5.70. The molecule has 0 radical (unpaired) electrons. The zero-order valence-electron chi connectivity index (χ0n) is 11.6. The Kier molecular flexibility index (Phi) is 4.03. The minimum Gasteiger partial charge on any atom is -0.462 e. The van der Waals surface area contributed by atoms with E-state index in [2.05, 4.69) is 15.4 Å². The van der Waals surface area contributed by atoms with Gasteiger partial charge in [0, 0.05) is 17.1 Å². The van der Waals surface area contributed by atoms with E-state index in [1.54, 1.807) is 22.3 Å². The first-order valence-electron chi connectivity index (χ1n) is 6.64. The summed E-state index contributed by atoms with van der Waals surface area (Å²) in [7, 11) is 0. The molecule has 0 aliphatic rings. The number of aliphatic hydroxyl groups is 1. The second kappa shape index (κ2) is 6.11. The Hall–Kier alpha value is -2.12. The van der Waals surface area contributed by atoms with Crippen molar-refractivity contribution in [3.63, 3.8) is 0 Å². The highest BCUT2D eigenvalue weighted by Gasteiger charge is 2.09. The largest absolute Gasteiger partial charge is 0.462 e. The molecule has 0 aromatic carbocycles. The lowest BCUT2D eigenvalue weighted by Crippen LogP contribution is -2.09. The average molecular weight is 304 g/mol. The maximum absolute atomic E-state index is 9.04. The fourth-order valence-corrected chi connectivity index (χ4v) is 2.85. The predicted octanol–water partition coefficient (Wildman–Crippen LogP) is 2.51. The Bertz CT molecular complexity index is 702.